The van der Waals surface area contributed by atoms with Gasteiger partial charge >= 0.3 is 18.3 Å². The monoisotopic (exact) mass is 307 g/mol. The van der Waals surface area contributed by atoms with Gasteiger partial charge in [0.05, 0.1) is 5.92 Å². The van der Waals surface area contributed by atoms with Crippen LogP contribution in [0.2, 0.25) is 0 Å². The Hall–Kier alpha value is -1.48. The third-order valence-electron chi connectivity index (χ3n) is 3.08. The van der Waals surface area contributed by atoms with Crippen LogP contribution in [0.1, 0.15) is 19.3 Å². The molecule has 1 amide bonds. The van der Waals surface area contributed by atoms with E-state index in [1.807, 2.05) is 0 Å². The van der Waals surface area contributed by atoms with Gasteiger partial charge in [-0.2, -0.15) is 26.3 Å². The van der Waals surface area contributed by atoms with Gasteiger partial charge in [0.1, 0.15) is 0 Å². The van der Waals surface area contributed by atoms with Gasteiger partial charge in [0.15, 0.2) is 0 Å². The Morgan fingerprint density at radius 3 is 1.95 bits per heavy atom. The van der Waals surface area contributed by atoms with E-state index in [2.05, 4.69) is 0 Å². The highest BCUT2D eigenvalue weighted by molar-refractivity contribution is 5.81. The van der Waals surface area contributed by atoms with Crippen LogP contribution in [-0.2, 0) is 9.59 Å². The summed E-state index contributed by atoms with van der Waals surface area (Å²) >= 11 is 0. The minimum Gasteiger partial charge on any atom is -0.481 e. The lowest BCUT2D eigenvalue weighted by Crippen LogP contribution is -2.51. The van der Waals surface area contributed by atoms with E-state index in [0.29, 0.717) is 6.42 Å². The van der Waals surface area contributed by atoms with Crippen molar-refractivity contribution in [1.29, 1.82) is 0 Å². The summed E-state index contributed by atoms with van der Waals surface area (Å²) in [6.45, 7) is 0. The molecule has 4 nitrogen and oxygen atoms in total. The predicted octanol–water partition coefficient (Wildman–Crippen LogP) is 2.10. The van der Waals surface area contributed by atoms with Crippen LogP contribution < -0.4 is 5.32 Å². The maximum Gasteiger partial charge on any atom is 0.409 e. The summed E-state index contributed by atoms with van der Waals surface area (Å²) in [6, 6.07) is -1.22. The average Bonchev–Trinajstić information content (AvgIpc) is 2.60. The molecule has 0 aliphatic heterocycles. The molecule has 1 rings (SSSR count). The number of amides is 1. The first kappa shape index (κ1) is 16.6. The highest BCUT2D eigenvalue weighted by Crippen LogP contribution is 2.39. The lowest BCUT2D eigenvalue weighted by atomic mass is 10.0. The first-order valence-corrected chi connectivity index (χ1v) is 5.61. The van der Waals surface area contributed by atoms with E-state index < -0.39 is 42.1 Å². The summed E-state index contributed by atoms with van der Waals surface area (Å²) < 4.78 is 73.8. The molecule has 0 aromatic heterocycles. The number of rotatable bonds is 3. The van der Waals surface area contributed by atoms with Crippen molar-refractivity contribution in [3.8, 4) is 0 Å². The first-order chi connectivity index (χ1) is 8.94. The summed E-state index contributed by atoms with van der Waals surface area (Å²) in [6.07, 6.45) is -11.1. The smallest absolute Gasteiger partial charge is 0.409 e. The molecule has 0 aromatic rings. The van der Waals surface area contributed by atoms with Gasteiger partial charge in [-0.1, -0.05) is 6.42 Å². The molecule has 2 unspecified atom stereocenters. The number of nitrogens with one attached hydrogen (secondary N) is 1. The van der Waals surface area contributed by atoms with E-state index in [1.165, 1.54) is 0 Å². The van der Waals surface area contributed by atoms with Crippen LogP contribution in [-0.4, -0.2) is 35.4 Å². The molecule has 0 saturated heterocycles. The molecule has 0 spiro atoms. The van der Waals surface area contributed by atoms with Gasteiger partial charge < -0.3 is 10.4 Å². The maximum absolute atomic E-state index is 12.3. The van der Waals surface area contributed by atoms with Crippen LogP contribution in [0, 0.1) is 11.8 Å². The Morgan fingerprint density at radius 1 is 1.05 bits per heavy atom. The zero-order chi connectivity index (χ0) is 15.7. The Morgan fingerprint density at radius 2 is 1.55 bits per heavy atom. The van der Waals surface area contributed by atoms with Crippen molar-refractivity contribution < 1.29 is 41.0 Å². The maximum atomic E-state index is 12.3. The third kappa shape index (κ3) is 3.76. The number of hydrogen-bond donors (Lipinski definition) is 2. The van der Waals surface area contributed by atoms with Crippen molar-refractivity contribution >= 4 is 11.9 Å². The molecule has 2 atom stereocenters. The summed E-state index contributed by atoms with van der Waals surface area (Å²) in [5, 5.41) is 10.3. The van der Waals surface area contributed by atoms with Gasteiger partial charge in [-0.05, 0) is 12.8 Å². The molecule has 1 aliphatic rings. The summed E-state index contributed by atoms with van der Waals surface area (Å²) in [5.41, 5.74) is 0. The van der Waals surface area contributed by atoms with Gasteiger partial charge in [-0.3, -0.25) is 9.59 Å². The lowest BCUT2D eigenvalue weighted by molar-refractivity contribution is -0.274. The highest BCUT2D eigenvalue weighted by atomic mass is 19.4. The van der Waals surface area contributed by atoms with E-state index in [9.17, 15) is 35.9 Å². The summed E-state index contributed by atoms with van der Waals surface area (Å²) in [4.78, 5) is 22.0. The number of halogens is 6. The summed E-state index contributed by atoms with van der Waals surface area (Å²) in [5.74, 6) is -8.93. The molecule has 20 heavy (non-hydrogen) atoms. The van der Waals surface area contributed by atoms with Crippen LogP contribution in [0.5, 0.6) is 0 Å². The number of carbonyl (C=O) groups is 2. The van der Waals surface area contributed by atoms with Gasteiger partial charge in [0.2, 0.25) is 11.8 Å². The standard InChI is InChI=1S/C10H11F6NO3/c11-9(12,13)6(10(14,15)16)7(18)17-5-3-1-2-4(5)8(19)20/h4-6H,1-3H2,(H,17,18)(H,19,20). The molecule has 1 fully saturated rings. The number of carboxylic acid groups (broad SMARTS) is 1. The topological polar surface area (TPSA) is 66.4 Å². The van der Waals surface area contributed by atoms with Gasteiger partial charge in [0, 0.05) is 6.04 Å². The van der Waals surface area contributed by atoms with Crippen LogP contribution in [0.25, 0.3) is 0 Å². The SMILES string of the molecule is O=C(O)C1CCCC1NC(=O)C(C(F)(F)F)C(F)(F)F. The van der Waals surface area contributed by atoms with Crippen molar-refractivity contribution in [2.45, 2.75) is 37.7 Å². The van der Waals surface area contributed by atoms with Crippen molar-refractivity contribution in [2.24, 2.45) is 11.8 Å². The molecule has 0 heterocycles. The molecule has 10 heteroatoms. The molecule has 1 saturated carbocycles. The number of carbonyl (C=O) groups excluding carboxylic acids is 1. The van der Waals surface area contributed by atoms with E-state index in [1.54, 1.807) is 5.32 Å². The number of aliphatic carboxylic acids is 1. The molecule has 2 N–H and O–H groups in total. The van der Waals surface area contributed by atoms with Crippen LogP contribution in [0.15, 0.2) is 0 Å². The van der Waals surface area contributed by atoms with E-state index >= 15 is 0 Å². The molecule has 0 radical (unpaired) electrons. The Bertz CT molecular complexity index is 377. The molecule has 0 aromatic carbocycles. The van der Waals surface area contributed by atoms with E-state index in [0.717, 1.165) is 0 Å². The van der Waals surface area contributed by atoms with Crippen LogP contribution in [0.4, 0.5) is 26.3 Å². The Kier molecular flexibility index (Phi) is 4.55. The highest BCUT2D eigenvalue weighted by Gasteiger charge is 2.61. The minimum absolute atomic E-state index is 0.0329. The fraction of sp³-hybridized carbons (Fsp3) is 0.800. The zero-order valence-electron chi connectivity index (χ0n) is 9.88. The predicted molar refractivity (Wildman–Crippen MR) is 52.5 cm³/mol. The van der Waals surface area contributed by atoms with Crippen LogP contribution >= 0.6 is 0 Å². The van der Waals surface area contributed by atoms with E-state index in [4.69, 9.17) is 5.11 Å². The third-order valence-corrected chi connectivity index (χ3v) is 3.08. The number of alkyl halides is 6. The fourth-order valence-electron chi connectivity index (χ4n) is 2.18. The normalized spacial score (nSPS) is 23.9. The first-order valence-electron chi connectivity index (χ1n) is 5.61. The zero-order valence-corrected chi connectivity index (χ0v) is 9.88. The molecule has 116 valence electrons. The number of hydrogen-bond acceptors (Lipinski definition) is 2. The van der Waals surface area contributed by atoms with Crippen molar-refractivity contribution in [3.05, 3.63) is 0 Å². The second-order valence-corrected chi connectivity index (χ2v) is 4.51. The second-order valence-electron chi connectivity index (χ2n) is 4.51. The molecular formula is C10H11F6NO3. The lowest BCUT2D eigenvalue weighted by Gasteiger charge is -2.25. The average molecular weight is 307 g/mol. The van der Waals surface area contributed by atoms with Crippen molar-refractivity contribution in [1.82, 2.24) is 5.32 Å². The Balaban J connectivity index is 2.85. The summed E-state index contributed by atoms with van der Waals surface area (Å²) in [7, 11) is 0. The Labute approximate surface area is 109 Å². The number of carboxylic acids is 1. The van der Waals surface area contributed by atoms with E-state index in [-0.39, 0.29) is 12.8 Å². The molecule has 1 aliphatic carbocycles. The van der Waals surface area contributed by atoms with Crippen molar-refractivity contribution in [3.63, 3.8) is 0 Å². The molecule has 0 bridgehead atoms. The van der Waals surface area contributed by atoms with Gasteiger partial charge in [-0.25, -0.2) is 0 Å². The molecular weight excluding hydrogens is 296 g/mol. The van der Waals surface area contributed by atoms with Gasteiger partial charge in [0.25, 0.3) is 0 Å². The van der Waals surface area contributed by atoms with Crippen molar-refractivity contribution in [2.75, 3.05) is 0 Å². The quantitative estimate of drug-likeness (QED) is 0.785. The van der Waals surface area contributed by atoms with Crippen LogP contribution in [0.3, 0.4) is 0 Å². The fourth-order valence-corrected chi connectivity index (χ4v) is 2.18. The van der Waals surface area contributed by atoms with Gasteiger partial charge in [-0.15, -0.1) is 0 Å². The second kappa shape index (κ2) is 5.49. The minimum atomic E-state index is -5.78. The largest absolute Gasteiger partial charge is 0.481 e.